The average molecular weight is 808 g/mol. The van der Waals surface area contributed by atoms with E-state index in [1.54, 1.807) is 0 Å². The molecule has 0 bridgehead atoms. The smallest absolute Gasteiger partial charge is 0.0979 e. The first-order chi connectivity index (χ1) is 30.6. The molecule has 0 spiro atoms. The van der Waals surface area contributed by atoms with Gasteiger partial charge < -0.3 is 4.90 Å². The van der Waals surface area contributed by atoms with Crippen molar-refractivity contribution in [3.8, 4) is 33.4 Å². The van der Waals surface area contributed by atoms with Gasteiger partial charge in [0.25, 0.3) is 0 Å². The van der Waals surface area contributed by atoms with Gasteiger partial charge in [-0.15, -0.1) is 11.3 Å². The van der Waals surface area contributed by atoms with Crippen molar-refractivity contribution in [2.24, 2.45) is 0 Å². The Morgan fingerprint density at radius 1 is 0.548 bits per heavy atom. The molecule has 0 N–H and O–H groups in total. The van der Waals surface area contributed by atoms with Crippen molar-refractivity contribution in [3.63, 3.8) is 0 Å². The molecular formula is C60H41NS. The maximum Gasteiger partial charge on any atom is 0.0979 e. The van der Waals surface area contributed by atoms with Gasteiger partial charge in [-0.3, -0.25) is 0 Å². The Morgan fingerprint density at radius 2 is 1.27 bits per heavy atom. The van der Waals surface area contributed by atoms with E-state index in [-0.39, 0.29) is 5.41 Å². The second-order valence-corrected chi connectivity index (χ2v) is 17.7. The summed E-state index contributed by atoms with van der Waals surface area (Å²) in [6, 6.07) is 80.8. The maximum absolute atomic E-state index is 3.63. The van der Waals surface area contributed by atoms with Crippen molar-refractivity contribution in [1.29, 1.82) is 0 Å². The lowest BCUT2D eigenvalue weighted by Gasteiger charge is -2.31. The van der Waals surface area contributed by atoms with Gasteiger partial charge in [0.05, 0.1) is 11.4 Å². The fourth-order valence-corrected chi connectivity index (χ4v) is 11.5. The van der Waals surface area contributed by atoms with E-state index in [1.807, 2.05) is 11.3 Å². The largest absolute Gasteiger partial charge is 0.303 e. The topological polar surface area (TPSA) is 3.24 Å². The van der Waals surface area contributed by atoms with Crippen molar-refractivity contribution in [3.05, 3.63) is 245 Å². The van der Waals surface area contributed by atoms with Crippen LogP contribution in [0.5, 0.6) is 0 Å². The van der Waals surface area contributed by atoms with Crippen LogP contribution in [0, 0.1) is 12.1 Å². The normalized spacial score (nSPS) is 15.1. The zero-order chi connectivity index (χ0) is 41.2. The molecule has 0 fully saturated rings. The maximum atomic E-state index is 3.63. The molecule has 2 aliphatic rings. The first-order valence-corrected chi connectivity index (χ1v) is 22.4. The van der Waals surface area contributed by atoms with Crippen molar-refractivity contribution in [1.82, 2.24) is 0 Å². The SMILES string of the molecule is CC1(c2ccccc2)c2ccccc2-c2ccc(N(c3c#ccc(-c4cccc(-c5cccc6c5sc5ccccc56)c4)c3)c3ccccc3C3=c4ccccc4=CCC3)cc21. The standard InChI is InChI=1S/C60H41NS/c1-60(44-22-3-2-4-23-44)55-32-10-7-26-50(55)51-36-35-46(39-56(51)60)61(57-33-11-8-27-52(57)49-30-15-18-40-17-5-6-25-47(40)49)45-24-14-20-42(38-45)41-19-13-21-43(37-41)48-29-16-31-54-53-28-9-12-34-58(53)62-59(48)54/h2-13,16-23,25-29,31-39H,15,30H2,1H3. The first-order valence-electron chi connectivity index (χ1n) is 21.6. The summed E-state index contributed by atoms with van der Waals surface area (Å²) in [5.41, 5.74) is 16.7. The van der Waals surface area contributed by atoms with E-state index in [9.17, 15) is 0 Å². The van der Waals surface area contributed by atoms with Crippen LogP contribution in [0.1, 0.15) is 42.0 Å². The molecule has 0 amide bonds. The molecule has 0 saturated heterocycles. The Kier molecular flexibility index (Phi) is 8.59. The highest BCUT2D eigenvalue weighted by Gasteiger charge is 2.41. The first kappa shape index (κ1) is 36.4. The van der Waals surface area contributed by atoms with E-state index in [1.165, 1.54) is 80.7 Å². The number of nitrogens with zero attached hydrogens (tertiary/aromatic N) is 1. The van der Waals surface area contributed by atoms with Crippen LogP contribution in [0.3, 0.4) is 0 Å². The van der Waals surface area contributed by atoms with Crippen LogP contribution in [0.15, 0.2) is 200 Å². The third kappa shape index (κ3) is 5.77. The van der Waals surface area contributed by atoms with Gasteiger partial charge in [0, 0.05) is 36.8 Å². The van der Waals surface area contributed by atoms with E-state index < -0.39 is 0 Å². The number of para-hydroxylation sites is 1. The van der Waals surface area contributed by atoms with E-state index >= 15 is 0 Å². The molecule has 9 aromatic carbocycles. The molecule has 12 rings (SSSR count). The summed E-state index contributed by atoms with van der Waals surface area (Å²) < 4.78 is 2.64. The summed E-state index contributed by atoms with van der Waals surface area (Å²) in [4.78, 5) is 2.43. The lowest BCUT2D eigenvalue weighted by atomic mass is 9.74. The third-order valence-corrected chi connectivity index (χ3v) is 14.5. The quantitative estimate of drug-likeness (QED) is 0.155. The number of fused-ring (bicyclic) bond motifs is 7. The van der Waals surface area contributed by atoms with Gasteiger partial charge in [0.1, 0.15) is 0 Å². The number of hydrogen-bond donors (Lipinski definition) is 0. The number of rotatable bonds is 7. The van der Waals surface area contributed by atoms with Gasteiger partial charge in [0.15, 0.2) is 0 Å². The van der Waals surface area contributed by atoms with Crippen molar-refractivity contribution in [2.45, 2.75) is 25.2 Å². The summed E-state index contributed by atoms with van der Waals surface area (Å²) in [5.74, 6) is 0. The number of benzene rings is 8. The van der Waals surface area contributed by atoms with Crippen molar-refractivity contribution < 1.29 is 0 Å². The Labute approximate surface area is 366 Å². The fourth-order valence-electron chi connectivity index (χ4n) is 10.3. The van der Waals surface area contributed by atoms with E-state index in [2.05, 4.69) is 230 Å². The molecule has 10 aromatic rings. The average Bonchev–Trinajstić information content (AvgIpc) is 3.85. The summed E-state index contributed by atoms with van der Waals surface area (Å²) in [7, 11) is 0. The predicted octanol–water partition coefficient (Wildman–Crippen LogP) is 14.6. The lowest BCUT2D eigenvalue weighted by Crippen LogP contribution is -2.29. The van der Waals surface area contributed by atoms with Crippen LogP contribution in [0.4, 0.5) is 17.1 Å². The van der Waals surface area contributed by atoms with Crippen molar-refractivity contribution in [2.75, 3.05) is 4.90 Å². The van der Waals surface area contributed by atoms with Gasteiger partial charge >= 0.3 is 0 Å². The molecular weight excluding hydrogens is 767 g/mol. The Balaban J connectivity index is 1.05. The minimum absolute atomic E-state index is 0.337. The van der Waals surface area contributed by atoms with Gasteiger partial charge in [0.2, 0.25) is 0 Å². The molecule has 292 valence electrons. The van der Waals surface area contributed by atoms with Crippen molar-refractivity contribution >= 4 is 60.2 Å². The van der Waals surface area contributed by atoms with Crippen LogP contribution in [0.2, 0.25) is 0 Å². The molecule has 1 aromatic heterocycles. The number of anilines is 3. The molecule has 62 heavy (non-hydrogen) atoms. The summed E-state index contributed by atoms with van der Waals surface area (Å²) in [5, 5.41) is 5.24. The number of hydrogen-bond acceptors (Lipinski definition) is 2. The Bertz CT molecular complexity index is 3500. The molecule has 2 aliphatic carbocycles. The third-order valence-electron chi connectivity index (χ3n) is 13.3. The molecule has 1 unspecified atom stereocenters. The zero-order valence-electron chi connectivity index (χ0n) is 34.4. The minimum Gasteiger partial charge on any atom is -0.303 e. The molecule has 2 heteroatoms. The lowest BCUT2D eigenvalue weighted by molar-refractivity contribution is 0.714. The van der Waals surface area contributed by atoms with Crippen LogP contribution < -0.4 is 15.3 Å². The second-order valence-electron chi connectivity index (χ2n) is 16.7. The highest BCUT2D eigenvalue weighted by Crippen LogP contribution is 2.54. The zero-order valence-corrected chi connectivity index (χ0v) is 35.2. The van der Waals surface area contributed by atoms with Crippen LogP contribution >= 0.6 is 11.3 Å². The fraction of sp³-hybridized carbons (Fsp3) is 0.0667. The van der Waals surface area contributed by atoms with Crippen LogP contribution in [0.25, 0.3) is 65.2 Å². The highest BCUT2D eigenvalue weighted by atomic mass is 32.1. The van der Waals surface area contributed by atoms with Crippen LogP contribution in [-0.4, -0.2) is 0 Å². The Hall–Kier alpha value is -7.44. The summed E-state index contributed by atoms with van der Waals surface area (Å²) >= 11 is 1.88. The molecule has 1 nitrogen and oxygen atoms in total. The van der Waals surface area contributed by atoms with E-state index in [0.29, 0.717) is 0 Å². The summed E-state index contributed by atoms with van der Waals surface area (Å²) in [6.07, 6.45) is 4.36. The van der Waals surface area contributed by atoms with Gasteiger partial charge in [-0.2, -0.15) is 0 Å². The molecule has 0 aliphatic heterocycles. The predicted molar refractivity (Wildman–Crippen MR) is 262 cm³/mol. The number of thiophene rings is 1. The summed E-state index contributed by atoms with van der Waals surface area (Å²) in [6.45, 7) is 2.40. The second kappa shape index (κ2) is 14.6. The van der Waals surface area contributed by atoms with Gasteiger partial charge in [-0.05, 0) is 134 Å². The molecule has 0 radical (unpaired) electrons. The minimum atomic E-state index is -0.337. The van der Waals surface area contributed by atoms with Gasteiger partial charge in [-0.1, -0.05) is 170 Å². The van der Waals surface area contributed by atoms with E-state index in [4.69, 9.17) is 0 Å². The molecule has 1 atom stereocenters. The monoisotopic (exact) mass is 807 g/mol. The van der Waals surface area contributed by atoms with E-state index in [0.717, 1.165) is 41.0 Å². The van der Waals surface area contributed by atoms with Gasteiger partial charge in [-0.25, -0.2) is 0 Å². The van der Waals surface area contributed by atoms with Crippen LogP contribution in [-0.2, 0) is 5.41 Å². The molecule has 1 heterocycles. The molecule has 0 saturated carbocycles. The Morgan fingerprint density at radius 3 is 2.21 bits per heavy atom. The highest BCUT2D eigenvalue weighted by molar-refractivity contribution is 7.26.